The summed E-state index contributed by atoms with van der Waals surface area (Å²) >= 11 is 6.00. The minimum absolute atomic E-state index is 0.108. The normalized spacial score (nSPS) is 10.5. The van der Waals surface area contributed by atoms with Crippen LogP contribution >= 0.6 is 11.6 Å². The van der Waals surface area contributed by atoms with Gasteiger partial charge in [0, 0.05) is 18.0 Å². The number of rotatable bonds is 10. The molecule has 7 nitrogen and oxygen atoms in total. The lowest BCUT2D eigenvalue weighted by atomic mass is 10.2. The summed E-state index contributed by atoms with van der Waals surface area (Å²) in [6.07, 6.45) is 0.212. The third kappa shape index (κ3) is 7.52. The van der Waals surface area contributed by atoms with Crippen LogP contribution in [0.5, 0.6) is 17.2 Å². The number of nitrogens with one attached hydrogen (secondary N) is 2. The van der Waals surface area contributed by atoms with Gasteiger partial charge in [-0.15, -0.1) is 0 Å². The maximum atomic E-state index is 12.5. The molecule has 2 N–H and O–H groups in total. The Kier molecular flexibility index (Phi) is 8.69. The quantitative estimate of drug-likeness (QED) is 0.436. The van der Waals surface area contributed by atoms with E-state index in [1.165, 1.54) is 7.11 Å². The topological polar surface area (TPSA) is 79.9 Å². The molecule has 0 atom stereocenters. The number of para-hydroxylation sites is 3. The highest BCUT2D eigenvalue weighted by molar-refractivity contribution is 6.31. The third-order valence-electron chi connectivity index (χ3n) is 4.70. The van der Waals surface area contributed by atoms with Crippen LogP contribution in [-0.4, -0.2) is 44.0 Å². The van der Waals surface area contributed by atoms with Crippen LogP contribution in [0.2, 0.25) is 5.02 Å². The molecule has 0 radical (unpaired) electrons. The Morgan fingerprint density at radius 1 is 0.879 bits per heavy atom. The van der Waals surface area contributed by atoms with Crippen LogP contribution < -0.4 is 20.1 Å². The first kappa shape index (κ1) is 24.1. The largest absolute Gasteiger partial charge is 0.495 e. The van der Waals surface area contributed by atoms with Crippen LogP contribution in [0.15, 0.2) is 72.8 Å². The van der Waals surface area contributed by atoms with Gasteiger partial charge in [0.25, 0.3) is 0 Å². The molecule has 33 heavy (non-hydrogen) atoms. The Balaban J connectivity index is 1.49. The number of amides is 2. The Labute approximate surface area is 198 Å². The van der Waals surface area contributed by atoms with E-state index in [4.69, 9.17) is 21.1 Å². The smallest absolute Gasteiger partial charge is 0.238 e. The van der Waals surface area contributed by atoms with Crippen molar-refractivity contribution < 1.29 is 19.1 Å². The van der Waals surface area contributed by atoms with Gasteiger partial charge in [-0.1, -0.05) is 41.9 Å². The minimum Gasteiger partial charge on any atom is -0.495 e. The Morgan fingerprint density at radius 2 is 1.58 bits per heavy atom. The third-order valence-corrected chi connectivity index (χ3v) is 4.94. The zero-order chi connectivity index (χ0) is 23.6. The number of hydrogen-bond donors (Lipinski definition) is 2. The highest BCUT2D eigenvalue weighted by atomic mass is 35.5. The second-order valence-electron chi connectivity index (χ2n) is 7.34. The maximum Gasteiger partial charge on any atom is 0.238 e. The van der Waals surface area contributed by atoms with E-state index in [0.717, 1.165) is 0 Å². The molecule has 2 amide bonds. The first-order valence-corrected chi connectivity index (χ1v) is 10.8. The van der Waals surface area contributed by atoms with Crippen molar-refractivity contribution in [3.8, 4) is 17.2 Å². The van der Waals surface area contributed by atoms with Crippen molar-refractivity contribution in [3.05, 3.63) is 77.8 Å². The van der Waals surface area contributed by atoms with Crippen LogP contribution in [0, 0.1) is 0 Å². The Hall–Kier alpha value is -3.55. The fourth-order valence-corrected chi connectivity index (χ4v) is 3.24. The van der Waals surface area contributed by atoms with E-state index in [-0.39, 0.29) is 24.8 Å². The van der Waals surface area contributed by atoms with Crippen LogP contribution in [0.3, 0.4) is 0 Å². The summed E-state index contributed by atoms with van der Waals surface area (Å²) in [4.78, 5) is 26.6. The number of anilines is 2. The highest BCUT2D eigenvalue weighted by Gasteiger charge is 2.13. The van der Waals surface area contributed by atoms with Crippen LogP contribution in [0.25, 0.3) is 0 Å². The highest BCUT2D eigenvalue weighted by Crippen LogP contribution is 2.29. The van der Waals surface area contributed by atoms with E-state index >= 15 is 0 Å². The second-order valence-corrected chi connectivity index (χ2v) is 7.78. The zero-order valence-electron chi connectivity index (χ0n) is 18.5. The van der Waals surface area contributed by atoms with Gasteiger partial charge in [0.1, 0.15) is 11.5 Å². The van der Waals surface area contributed by atoms with E-state index in [1.807, 2.05) is 42.5 Å². The number of ether oxygens (including phenoxy) is 2. The summed E-state index contributed by atoms with van der Waals surface area (Å²) in [7, 11) is 3.29. The number of carbonyl (C=O) groups is 2. The van der Waals surface area contributed by atoms with E-state index in [0.29, 0.717) is 40.2 Å². The SMILES string of the molecule is COc1ccc(Cl)cc1NC(=O)CN(C)CCC(=O)Nc1ccccc1Oc1ccccc1. The van der Waals surface area contributed by atoms with Crippen molar-refractivity contribution in [2.24, 2.45) is 0 Å². The van der Waals surface area contributed by atoms with Crippen molar-refractivity contribution in [3.63, 3.8) is 0 Å². The molecule has 0 fully saturated rings. The van der Waals surface area contributed by atoms with Gasteiger partial charge in [-0.25, -0.2) is 0 Å². The fourth-order valence-electron chi connectivity index (χ4n) is 3.07. The molecular formula is C25H26ClN3O4. The van der Waals surface area contributed by atoms with Gasteiger partial charge in [-0.2, -0.15) is 0 Å². The molecule has 0 aliphatic rings. The molecular weight excluding hydrogens is 442 g/mol. The molecule has 3 aromatic rings. The van der Waals surface area contributed by atoms with E-state index < -0.39 is 0 Å². The lowest BCUT2D eigenvalue weighted by Gasteiger charge is -2.17. The number of methoxy groups -OCH3 is 1. The molecule has 0 heterocycles. The first-order chi connectivity index (χ1) is 15.9. The van der Waals surface area contributed by atoms with Crippen LogP contribution in [-0.2, 0) is 9.59 Å². The molecule has 3 rings (SSSR count). The first-order valence-electron chi connectivity index (χ1n) is 10.4. The fraction of sp³-hybridized carbons (Fsp3) is 0.200. The zero-order valence-corrected chi connectivity index (χ0v) is 19.3. The summed E-state index contributed by atoms with van der Waals surface area (Å²) in [5.74, 6) is 1.34. The van der Waals surface area contributed by atoms with Crippen molar-refractivity contribution in [2.45, 2.75) is 6.42 Å². The van der Waals surface area contributed by atoms with E-state index in [1.54, 1.807) is 42.3 Å². The molecule has 0 unspecified atom stereocenters. The Morgan fingerprint density at radius 3 is 2.33 bits per heavy atom. The number of carbonyl (C=O) groups excluding carboxylic acids is 2. The van der Waals surface area contributed by atoms with Crippen molar-refractivity contribution >= 4 is 34.8 Å². The number of likely N-dealkylation sites (N-methyl/N-ethyl adjacent to an activating group) is 1. The van der Waals surface area contributed by atoms with Gasteiger partial charge >= 0.3 is 0 Å². The molecule has 8 heteroatoms. The second kappa shape index (κ2) is 11.9. The monoisotopic (exact) mass is 467 g/mol. The van der Waals surface area contributed by atoms with E-state index in [9.17, 15) is 9.59 Å². The van der Waals surface area contributed by atoms with Crippen molar-refractivity contribution in [1.29, 1.82) is 0 Å². The lowest BCUT2D eigenvalue weighted by Crippen LogP contribution is -2.32. The molecule has 0 bridgehead atoms. The summed E-state index contributed by atoms with van der Waals surface area (Å²) < 4.78 is 11.1. The molecule has 172 valence electrons. The minimum atomic E-state index is -0.236. The number of halogens is 1. The van der Waals surface area contributed by atoms with Gasteiger partial charge < -0.3 is 20.1 Å². The summed E-state index contributed by atoms with van der Waals surface area (Å²) in [5, 5.41) is 6.16. The van der Waals surface area contributed by atoms with Gasteiger partial charge in [0.2, 0.25) is 11.8 Å². The number of hydrogen-bond acceptors (Lipinski definition) is 5. The van der Waals surface area contributed by atoms with Gasteiger partial charge in [0.15, 0.2) is 5.75 Å². The molecule has 0 saturated heterocycles. The predicted octanol–water partition coefficient (Wildman–Crippen LogP) is 5.04. The summed E-state index contributed by atoms with van der Waals surface area (Å²) in [6.45, 7) is 0.504. The Bertz CT molecular complexity index is 1090. The lowest BCUT2D eigenvalue weighted by molar-refractivity contribution is -0.119. The van der Waals surface area contributed by atoms with Crippen molar-refractivity contribution in [2.75, 3.05) is 37.9 Å². The van der Waals surface area contributed by atoms with Gasteiger partial charge in [-0.3, -0.25) is 14.5 Å². The number of nitrogens with zero attached hydrogens (tertiary/aromatic N) is 1. The molecule has 0 spiro atoms. The molecule has 0 saturated carbocycles. The maximum absolute atomic E-state index is 12.5. The molecule has 0 aromatic heterocycles. The van der Waals surface area contributed by atoms with Crippen LogP contribution in [0.1, 0.15) is 6.42 Å². The van der Waals surface area contributed by atoms with Crippen molar-refractivity contribution in [1.82, 2.24) is 4.90 Å². The summed E-state index contributed by atoms with van der Waals surface area (Å²) in [6, 6.07) is 21.6. The molecule has 3 aromatic carbocycles. The predicted molar refractivity (Wildman–Crippen MR) is 130 cm³/mol. The number of benzene rings is 3. The van der Waals surface area contributed by atoms with Gasteiger partial charge in [0.05, 0.1) is 25.0 Å². The summed E-state index contributed by atoms with van der Waals surface area (Å²) in [5.41, 5.74) is 1.08. The standard InChI is InChI=1S/C25H26ClN3O4/c1-29(17-25(31)28-21-16-18(26)12-13-22(21)32-2)15-14-24(30)27-20-10-6-7-11-23(20)33-19-8-4-3-5-9-19/h3-13,16H,14-15,17H2,1-2H3,(H,27,30)(H,28,31). The average Bonchev–Trinajstić information content (AvgIpc) is 2.80. The van der Waals surface area contributed by atoms with Crippen LogP contribution in [0.4, 0.5) is 11.4 Å². The molecule has 0 aliphatic carbocycles. The van der Waals surface area contributed by atoms with E-state index in [2.05, 4.69) is 10.6 Å². The average molecular weight is 468 g/mol. The van der Waals surface area contributed by atoms with Gasteiger partial charge in [-0.05, 0) is 49.5 Å². The molecule has 0 aliphatic heterocycles.